The first kappa shape index (κ1) is 9.69. The fourth-order valence-corrected chi connectivity index (χ4v) is 2.71. The Morgan fingerprint density at radius 2 is 1.62 bits per heavy atom. The van der Waals surface area contributed by atoms with Gasteiger partial charge in [0.05, 0.1) is 0 Å². The molecule has 3 heteroatoms. The Morgan fingerprint density at radius 1 is 0.923 bits per heavy atom. The number of fused-ring (bicyclic) bond motifs is 1. The SMILES string of the molecule is Brc1[c]c2ccccc2c(Br)c1Br. The topological polar surface area (TPSA) is 0 Å². The van der Waals surface area contributed by atoms with Crippen LogP contribution in [0.5, 0.6) is 0 Å². The Kier molecular flexibility index (Phi) is 2.77. The van der Waals surface area contributed by atoms with Crippen molar-refractivity contribution in [3.63, 3.8) is 0 Å². The molecule has 0 aliphatic heterocycles. The summed E-state index contributed by atoms with van der Waals surface area (Å²) < 4.78 is 3.01. The van der Waals surface area contributed by atoms with E-state index < -0.39 is 0 Å². The lowest BCUT2D eigenvalue weighted by Crippen LogP contribution is -1.78. The van der Waals surface area contributed by atoms with Crippen molar-refractivity contribution >= 4 is 58.6 Å². The first-order valence-electron chi connectivity index (χ1n) is 3.64. The maximum atomic E-state index is 3.53. The van der Waals surface area contributed by atoms with Crippen LogP contribution < -0.4 is 0 Å². The van der Waals surface area contributed by atoms with Gasteiger partial charge in [-0.25, -0.2) is 0 Å². The van der Waals surface area contributed by atoms with Gasteiger partial charge in [-0.05, 0) is 58.6 Å². The molecule has 0 saturated heterocycles. The van der Waals surface area contributed by atoms with Crippen LogP contribution in [0.15, 0.2) is 37.7 Å². The van der Waals surface area contributed by atoms with Crippen molar-refractivity contribution in [2.45, 2.75) is 0 Å². The summed E-state index contributed by atoms with van der Waals surface area (Å²) in [5.41, 5.74) is 0. The van der Waals surface area contributed by atoms with Crippen molar-refractivity contribution in [1.29, 1.82) is 0 Å². The molecule has 65 valence electrons. The lowest BCUT2D eigenvalue weighted by Gasteiger charge is -2.04. The summed E-state index contributed by atoms with van der Waals surface area (Å²) >= 11 is 10.4. The zero-order chi connectivity index (χ0) is 9.42. The maximum Gasteiger partial charge on any atom is 0.0472 e. The Hall–Kier alpha value is 0.140. The molecule has 2 aromatic rings. The van der Waals surface area contributed by atoms with Crippen molar-refractivity contribution in [1.82, 2.24) is 0 Å². The van der Waals surface area contributed by atoms with Gasteiger partial charge < -0.3 is 0 Å². The highest BCUT2D eigenvalue weighted by Gasteiger charge is 2.06. The third kappa shape index (κ3) is 1.69. The molecule has 0 N–H and O–H groups in total. The number of halogens is 3. The molecule has 0 amide bonds. The average molecular weight is 364 g/mol. The van der Waals surface area contributed by atoms with Crippen LogP contribution in [0.25, 0.3) is 10.8 Å². The highest BCUT2D eigenvalue weighted by atomic mass is 79.9. The van der Waals surface area contributed by atoms with E-state index >= 15 is 0 Å². The highest BCUT2D eigenvalue weighted by Crippen LogP contribution is 2.36. The molecule has 0 aliphatic carbocycles. The van der Waals surface area contributed by atoms with E-state index in [9.17, 15) is 0 Å². The molecule has 1 radical (unpaired) electrons. The predicted molar refractivity (Wildman–Crippen MR) is 65.9 cm³/mol. The Bertz CT molecular complexity index is 463. The van der Waals surface area contributed by atoms with Crippen LogP contribution in [0, 0.1) is 6.07 Å². The summed E-state index contributed by atoms with van der Waals surface area (Å²) in [5.74, 6) is 0. The quantitative estimate of drug-likeness (QED) is 0.582. The van der Waals surface area contributed by atoms with Crippen molar-refractivity contribution in [2.24, 2.45) is 0 Å². The van der Waals surface area contributed by atoms with Gasteiger partial charge in [0.1, 0.15) is 0 Å². The second kappa shape index (κ2) is 3.71. The van der Waals surface area contributed by atoms with E-state index in [-0.39, 0.29) is 0 Å². The van der Waals surface area contributed by atoms with Gasteiger partial charge in [0.2, 0.25) is 0 Å². The molecule has 0 aliphatic rings. The van der Waals surface area contributed by atoms with Crippen LogP contribution in [0.3, 0.4) is 0 Å². The van der Waals surface area contributed by atoms with E-state index in [0.717, 1.165) is 24.2 Å². The third-order valence-corrected chi connectivity index (χ3v) is 5.07. The van der Waals surface area contributed by atoms with Crippen LogP contribution in [0.2, 0.25) is 0 Å². The standard InChI is InChI=1S/C10H4Br3/c11-8-5-6-3-1-2-4-7(6)9(12)10(8)13/h1-4H. The maximum absolute atomic E-state index is 3.53. The second-order valence-corrected chi connectivity index (χ2v) is 4.99. The molecule has 0 nitrogen and oxygen atoms in total. The summed E-state index contributed by atoms with van der Waals surface area (Å²) in [6.07, 6.45) is 0. The van der Waals surface area contributed by atoms with Crippen LogP contribution in [-0.2, 0) is 0 Å². The molecule has 0 bridgehead atoms. The molecular formula is C10H4Br3. The van der Waals surface area contributed by atoms with Gasteiger partial charge in [0.15, 0.2) is 0 Å². The lowest BCUT2D eigenvalue weighted by molar-refractivity contribution is 1.59. The summed E-state index contributed by atoms with van der Waals surface area (Å²) in [6.45, 7) is 0. The molecule has 0 atom stereocenters. The number of rotatable bonds is 0. The lowest BCUT2D eigenvalue weighted by atomic mass is 10.1. The molecular weight excluding hydrogens is 360 g/mol. The van der Waals surface area contributed by atoms with Crippen LogP contribution in [-0.4, -0.2) is 0 Å². The molecule has 0 saturated carbocycles. The normalized spacial score (nSPS) is 10.7. The third-order valence-electron chi connectivity index (χ3n) is 1.79. The minimum atomic E-state index is 0.943. The zero-order valence-electron chi connectivity index (χ0n) is 6.44. The van der Waals surface area contributed by atoms with E-state index in [0.29, 0.717) is 0 Å². The van der Waals surface area contributed by atoms with Crippen LogP contribution >= 0.6 is 47.8 Å². The summed E-state index contributed by atoms with van der Waals surface area (Å²) in [5, 5.41) is 2.27. The van der Waals surface area contributed by atoms with Gasteiger partial charge in [0.25, 0.3) is 0 Å². The number of benzene rings is 2. The van der Waals surface area contributed by atoms with E-state index in [1.54, 1.807) is 0 Å². The fraction of sp³-hybridized carbons (Fsp3) is 0. The first-order chi connectivity index (χ1) is 6.20. The van der Waals surface area contributed by atoms with E-state index in [1.165, 1.54) is 0 Å². The van der Waals surface area contributed by atoms with Gasteiger partial charge in [0, 0.05) is 19.5 Å². The number of hydrogen-bond donors (Lipinski definition) is 0. The molecule has 13 heavy (non-hydrogen) atoms. The Labute approximate surface area is 102 Å². The summed E-state index contributed by atoms with van der Waals surface area (Å²) in [4.78, 5) is 0. The molecule has 0 heterocycles. The smallest absolute Gasteiger partial charge is 0.0472 e. The Morgan fingerprint density at radius 3 is 2.38 bits per heavy atom. The second-order valence-electron chi connectivity index (χ2n) is 2.61. The van der Waals surface area contributed by atoms with Gasteiger partial charge in [-0.3, -0.25) is 0 Å². The highest BCUT2D eigenvalue weighted by molar-refractivity contribution is 9.14. The molecule has 2 rings (SSSR count). The van der Waals surface area contributed by atoms with Gasteiger partial charge in [-0.2, -0.15) is 0 Å². The predicted octanol–water partition coefficient (Wildman–Crippen LogP) is 4.93. The van der Waals surface area contributed by atoms with Crippen molar-refractivity contribution in [2.75, 3.05) is 0 Å². The van der Waals surface area contributed by atoms with E-state index in [1.807, 2.05) is 18.2 Å². The van der Waals surface area contributed by atoms with Crippen molar-refractivity contribution in [3.05, 3.63) is 43.7 Å². The van der Waals surface area contributed by atoms with E-state index in [2.05, 4.69) is 59.9 Å². The van der Waals surface area contributed by atoms with Crippen LogP contribution in [0.1, 0.15) is 0 Å². The molecule has 0 fully saturated rings. The minimum Gasteiger partial charge on any atom is -0.0616 e. The van der Waals surface area contributed by atoms with Crippen molar-refractivity contribution < 1.29 is 0 Å². The van der Waals surface area contributed by atoms with Crippen molar-refractivity contribution in [3.8, 4) is 0 Å². The first-order valence-corrected chi connectivity index (χ1v) is 6.02. The number of hydrogen-bond acceptors (Lipinski definition) is 0. The molecule has 0 unspecified atom stereocenters. The monoisotopic (exact) mass is 361 g/mol. The van der Waals surface area contributed by atoms with Gasteiger partial charge in [-0.15, -0.1) is 0 Å². The molecule has 0 spiro atoms. The molecule has 0 aromatic heterocycles. The summed E-state index contributed by atoms with van der Waals surface area (Å²) in [6, 6.07) is 11.4. The minimum absolute atomic E-state index is 0.943. The van der Waals surface area contributed by atoms with Crippen LogP contribution in [0.4, 0.5) is 0 Å². The Balaban J connectivity index is 2.94. The zero-order valence-corrected chi connectivity index (χ0v) is 11.2. The summed E-state index contributed by atoms with van der Waals surface area (Å²) in [7, 11) is 0. The fourth-order valence-electron chi connectivity index (χ4n) is 1.17. The van der Waals surface area contributed by atoms with E-state index in [4.69, 9.17) is 0 Å². The average Bonchev–Trinajstić information content (AvgIpc) is 2.15. The van der Waals surface area contributed by atoms with Gasteiger partial charge in [-0.1, -0.05) is 24.3 Å². The molecule has 2 aromatic carbocycles. The largest absolute Gasteiger partial charge is 0.0616 e. The van der Waals surface area contributed by atoms with Gasteiger partial charge >= 0.3 is 0 Å².